The average Bonchev–Trinajstić information content (AvgIpc) is 2.60. The Hall–Kier alpha value is -1.13. The minimum absolute atomic E-state index is 0.158. The number of alkyl halides is 1. The summed E-state index contributed by atoms with van der Waals surface area (Å²) in [7, 11) is 0. The molecule has 0 aliphatic carbocycles. The van der Waals surface area contributed by atoms with Crippen molar-refractivity contribution in [3.8, 4) is 0 Å². The zero-order chi connectivity index (χ0) is 11.5. The molecule has 0 unspecified atom stereocenters. The second kappa shape index (κ2) is 4.80. The van der Waals surface area contributed by atoms with Crippen LogP contribution in [0.5, 0.6) is 0 Å². The maximum atomic E-state index is 11.4. The standard InChI is InChI=1S/C11H7BrClNO2/c12-8-3-1-2-7(4-8)5-9-10(6-13)14-16-11(9)15/h1-5H,6H2/b9-5-. The van der Waals surface area contributed by atoms with Gasteiger partial charge in [0.1, 0.15) is 5.71 Å². The summed E-state index contributed by atoms with van der Waals surface area (Å²) in [5.41, 5.74) is 1.76. The molecule has 0 radical (unpaired) electrons. The molecule has 1 heterocycles. The molecule has 5 heteroatoms. The minimum Gasteiger partial charge on any atom is -0.312 e. The van der Waals surface area contributed by atoms with Crippen LogP contribution in [0.3, 0.4) is 0 Å². The van der Waals surface area contributed by atoms with Crippen LogP contribution in [0.4, 0.5) is 0 Å². The van der Waals surface area contributed by atoms with Crippen molar-refractivity contribution >= 4 is 45.3 Å². The predicted molar refractivity (Wildman–Crippen MR) is 66.4 cm³/mol. The largest absolute Gasteiger partial charge is 0.367 e. The molecule has 1 aromatic rings. The summed E-state index contributed by atoms with van der Waals surface area (Å²) in [5.74, 6) is -0.304. The predicted octanol–water partition coefficient (Wildman–Crippen LogP) is 2.98. The summed E-state index contributed by atoms with van der Waals surface area (Å²) in [6.45, 7) is 0. The van der Waals surface area contributed by atoms with Gasteiger partial charge in [0.15, 0.2) is 0 Å². The summed E-state index contributed by atoms with van der Waals surface area (Å²) in [6, 6.07) is 7.57. The molecule has 0 saturated carbocycles. The first-order chi connectivity index (χ1) is 7.70. The summed E-state index contributed by atoms with van der Waals surface area (Å²) >= 11 is 9.01. The Balaban J connectivity index is 2.37. The van der Waals surface area contributed by atoms with Crippen LogP contribution in [0.2, 0.25) is 0 Å². The van der Waals surface area contributed by atoms with E-state index < -0.39 is 5.97 Å². The van der Waals surface area contributed by atoms with Crippen molar-refractivity contribution in [1.29, 1.82) is 0 Å². The number of hydrogen-bond acceptors (Lipinski definition) is 3. The van der Waals surface area contributed by atoms with Crippen LogP contribution in [0.1, 0.15) is 5.56 Å². The van der Waals surface area contributed by atoms with E-state index >= 15 is 0 Å². The minimum atomic E-state index is -0.462. The first-order valence-electron chi connectivity index (χ1n) is 4.52. The van der Waals surface area contributed by atoms with Gasteiger partial charge < -0.3 is 4.84 Å². The van der Waals surface area contributed by atoms with Crippen molar-refractivity contribution in [3.63, 3.8) is 0 Å². The topological polar surface area (TPSA) is 38.7 Å². The van der Waals surface area contributed by atoms with E-state index in [1.807, 2.05) is 24.3 Å². The van der Waals surface area contributed by atoms with Crippen molar-refractivity contribution in [2.75, 3.05) is 5.88 Å². The fourth-order valence-corrected chi connectivity index (χ4v) is 1.92. The number of carbonyl (C=O) groups is 1. The Kier molecular flexibility index (Phi) is 3.41. The van der Waals surface area contributed by atoms with E-state index in [-0.39, 0.29) is 5.88 Å². The second-order valence-electron chi connectivity index (χ2n) is 3.16. The molecule has 3 nitrogen and oxygen atoms in total. The van der Waals surface area contributed by atoms with Crippen LogP contribution in [0.25, 0.3) is 6.08 Å². The molecule has 0 fully saturated rings. The highest BCUT2D eigenvalue weighted by Crippen LogP contribution is 2.19. The summed E-state index contributed by atoms with van der Waals surface area (Å²) in [4.78, 5) is 15.9. The third kappa shape index (κ3) is 2.33. The highest BCUT2D eigenvalue weighted by molar-refractivity contribution is 9.10. The Bertz CT molecular complexity index is 497. The van der Waals surface area contributed by atoms with Crippen LogP contribution in [-0.2, 0) is 9.63 Å². The third-order valence-electron chi connectivity index (χ3n) is 2.06. The van der Waals surface area contributed by atoms with Gasteiger partial charge in [0.05, 0.1) is 11.5 Å². The lowest BCUT2D eigenvalue weighted by Crippen LogP contribution is -2.06. The summed E-state index contributed by atoms with van der Waals surface area (Å²) in [5, 5.41) is 3.59. The molecule has 82 valence electrons. The number of rotatable bonds is 2. The average molecular weight is 301 g/mol. The van der Waals surface area contributed by atoms with Crippen molar-refractivity contribution in [3.05, 3.63) is 39.9 Å². The van der Waals surface area contributed by atoms with Crippen LogP contribution >= 0.6 is 27.5 Å². The Morgan fingerprint density at radius 2 is 2.31 bits per heavy atom. The SMILES string of the molecule is O=C1ON=C(CCl)/C1=C/c1cccc(Br)c1. The first kappa shape index (κ1) is 11.4. The number of nitrogens with zero attached hydrogens (tertiary/aromatic N) is 1. The van der Waals surface area contributed by atoms with Gasteiger partial charge in [-0.25, -0.2) is 4.79 Å². The van der Waals surface area contributed by atoms with Crippen LogP contribution in [-0.4, -0.2) is 17.6 Å². The lowest BCUT2D eigenvalue weighted by Gasteiger charge is -1.97. The molecule has 1 aliphatic rings. The quantitative estimate of drug-likeness (QED) is 0.478. The van der Waals surface area contributed by atoms with Crippen molar-refractivity contribution in [2.45, 2.75) is 0 Å². The molecular formula is C11H7BrClNO2. The normalized spacial score (nSPS) is 17.5. The van der Waals surface area contributed by atoms with Crippen LogP contribution in [0.15, 0.2) is 39.5 Å². The third-order valence-corrected chi connectivity index (χ3v) is 2.80. The Morgan fingerprint density at radius 3 is 3.00 bits per heavy atom. The number of carbonyl (C=O) groups excluding carboxylic acids is 1. The van der Waals surface area contributed by atoms with E-state index in [4.69, 9.17) is 11.6 Å². The van der Waals surface area contributed by atoms with E-state index in [1.165, 1.54) is 0 Å². The highest BCUT2D eigenvalue weighted by atomic mass is 79.9. The van der Waals surface area contributed by atoms with Gasteiger partial charge in [0, 0.05) is 4.47 Å². The van der Waals surface area contributed by atoms with Crippen LogP contribution < -0.4 is 0 Å². The molecule has 0 bridgehead atoms. The van der Waals surface area contributed by atoms with Crippen molar-refractivity contribution < 1.29 is 9.63 Å². The molecule has 0 amide bonds. The fraction of sp³-hybridized carbons (Fsp3) is 0.0909. The van der Waals surface area contributed by atoms with Gasteiger partial charge in [0.25, 0.3) is 0 Å². The van der Waals surface area contributed by atoms with Gasteiger partial charge in [0.2, 0.25) is 0 Å². The van der Waals surface area contributed by atoms with E-state index in [9.17, 15) is 4.79 Å². The maximum absolute atomic E-state index is 11.4. The zero-order valence-electron chi connectivity index (χ0n) is 8.11. The maximum Gasteiger partial charge on any atom is 0.367 e. The van der Waals surface area contributed by atoms with Crippen LogP contribution in [0, 0.1) is 0 Å². The number of benzene rings is 1. The zero-order valence-corrected chi connectivity index (χ0v) is 10.5. The van der Waals surface area contributed by atoms with Crippen molar-refractivity contribution in [1.82, 2.24) is 0 Å². The molecule has 1 aromatic carbocycles. The molecule has 16 heavy (non-hydrogen) atoms. The lowest BCUT2D eigenvalue weighted by molar-refractivity contribution is -0.136. The number of oxime groups is 1. The van der Waals surface area contributed by atoms with Gasteiger partial charge >= 0.3 is 5.97 Å². The van der Waals surface area contributed by atoms with Gasteiger partial charge in [-0.3, -0.25) is 0 Å². The Morgan fingerprint density at radius 1 is 1.50 bits per heavy atom. The smallest absolute Gasteiger partial charge is 0.312 e. The van der Waals surface area contributed by atoms with Gasteiger partial charge in [-0.15, -0.1) is 11.6 Å². The highest BCUT2D eigenvalue weighted by Gasteiger charge is 2.24. The van der Waals surface area contributed by atoms with Crippen molar-refractivity contribution in [2.24, 2.45) is 5.16 Å². The fourth-order valence-electron chi connectivity index (χ4n) is 1.31. The second-order valence-corrected chi connectivity index (χ2v) is 4.35. The number of halogens is 2. The van der Waals surface area contributed by atoms with E-state index in [0.717, 1.165) is 10.0 Å². The van der Waals surface area contributed by atoms with E-state index in [2.05, 4.69) is 25.9 Å². The molecule has 0 atom stereocenters. The lowest BCUT2D eigenvalue weighted by atomic mass is 10.1. The molecule has 0 saturated heterocycles. The van der Waals surface area contributed by atoms with E-state index in [1.54, 1.807) is 6.08 Å². The first-order valence-corrected chi connectivity index (χ1v) is 5.85. The summed E-state index contributed by atoms with van der Waals surface area (Å²) in [6.07, 6.45) is 1.71. The summed E-state index contributed by atoms with van der Waals surface area (Å²) < 4.78 is 0.942. The molecule has 0 N–H and O–H groups in total. The molecule has 0 aromatic heterocycles. The molecular weight excluding hydrogens is 293 g/mol. The number of hydrogen-bond donors (Lipinski definition) is 0. The molecule has 0 spiro atoms. The van der Waals surface area contributed by atoms with E-state index in [0.29, 0.717) is 11.3 Å². The van der Waals surface area contributed by atoms with Gasteiger partial charge in [-0.05, 0) is 23.8 Å². The monoisotopic (exact) mass is 299 g/mol. The molecule has 1 aliphatic heterocycles. The van der Waals surface area contributed by atoms with Gasteiger partial charge in [-0.1, -0.05) is 33.2 Å². The molecule has 2 rings (SSSR count). The Labute approximate surface area is 106 Å². The van der Waals surface area contributed by atoms with Gasteiger partial charge in [-0.2, -0.15) is 0 Å².